The third-order valence-electron chi connectivity index (χ3n) is 1.92. The summed E-state index contributed by atoms with van der Waals surface area (Å²) in [5.74, 6) is 1.14. The van der Waals surface area contributed by atoms with E-state index in [4.69, 9.17) is 9.47 Å². The molecule has 0 saturated carbocycles. The van der Waals surface area contributed by atoms with E-state index in [-0.39, 0.29) is 18.1 Å². The fourth-order valence-corrected chi connectivity index (χ4v) is 2.54. The van der Waals surface area contributed by atoms with Crippen LogP contribution in [0.25, 0.3) is 0 Å². The predicted octanol–water partition coefficient (Wildman–Crippen LogP) is 0.780. The number of carbonyl (C=O) groups excluding carboxylic acids is 2. The molecule has 0 aliphatic carbocycles. The molecular formula is C9H15NO4S. The smallest absolute Gasteiger partial charge is 0.407 e. The van der Waals surface area contributed by atoms with Gasteiger partial charge in [0.1, 0.15) is 6.10 Å². The Labute approximate surface area is 92.9 Å². The van der Waals surface area contributed by atoms with Gasteiger partial charge in [0.2, 0.25) is 0 Å². The van der Waals surface area contributed by atoms with Crippen LogP contribution in [-0.2, 0) is 14.3 Å². The number of alkyl carbamates (subject to hydrolysis) is 1. The number of hydrogen-bond donors (Lipinski definition) is 1. The molecule has 15 heavy (non-hydrogen) atoms. The first kappa shape index (κ1) is 12.2. The number of esters is 1. The minimum Gasteiger partial charge on any atom is -0.459 e. The number of carbonyl (C=O) groups is 2. The van der Waals surface area contributed by atoms with Crippen molar-refractivity contribution in [1.29, 1.82) is 0 Å². The first-order valence-corrected chi connectivity index (χ1v) is 5.97. The van der Waals surface area contributed by atoms with Crippen molar-refractivity contribution >= 4 is 23.8 Å². The second kappa shape index (κ2) is 5.85. The zero-order chi connectivity index (χ0) is 11.3. The molecule has 1 heterocycles. The van der Waals surface area contributed by atoms with Gasteiger partial charge in [-0.2, -0.15) is 11.8 Å². The van der Waals surface area contributed by atoms with Crippen molar-refractivity contribution in [3.05, 3.63) is 0 Å². The third kappa shape index (κ3) is 3.99. The standard InChI is InChI=1S/C9H15NO4S/c1-3-13-9(12)10-7-4-15-5-8(7)14-6(2)11/h7-8H,3-5H2,1-2H3,(H,10,12)/t7-,8-/m1/s1. The predicted molar refractivity (Wildman–Crippen MR) is 56.8 cm³/mol. The minimum atomic E-state index is -0.456. The summed E-state index contributed by atoms with van der Waals surface area (Å²) in [5.41, 5.74) is 0. The Hall–Kier alpha value is -0.910. The zero-order valence-electron chi connectivity index (χ0n) is 8.82. The maximum atomic E-state index is 11.1. The Morgan fingerprint density at radius 3 is 2.80 bits per heavy atom. The van der Waals surface area contributed by atoms with Gasteiger partial charge in [0, 0.05) is 18.4 Å². The Kier molecular flexibility index (Phi) is 4.74. The summed E-state index contributed by atoms with van der Waals surface area (Å²) in [6.45, 7) is 3.45. The van der Waals surface area contributed by atoms with Gasteiger partial charge in [0.25, 0.3) is 0 Å². The van der Waals surface area contributed by atoms with Crippen molar-refractivity contribution < 1.29 is 19.1 Å². The molecule has 0 radical (unpaired) electrons. The van der Waals surface area contributed by atoms with Crippen LogP contribution in [0.3, 0.4) is 0 Å². The van der Waals surface area contributed by atoms with Gasteiger partial charge >= 0.3 is 12.1 Å². The number of thioether (sulfide) groups is 1. The van der Waals surface area contributed by atoms with Crippen LogP contribution in [0.1, 0.15) is 13.8 Å². The fraction of sp³-hybridized carbons (Fsp3) is 0.778. The monoisotopic (exact) mass is 233 g/mol. The highest BCUT2D eigenvalue weighted by Gasteiger charge is 2.31. The van der Waals surface area contributed by atoms with E-state index in [0.29, 0.717) is 6.61 Å². The van der Waals surface area contributed by atoms with E-state index in [1.807, 2.05) is 0 Å². The van der Waals surface area contributed by atoms with Crippen molar-refractivity contribution in [3.8, 4) is 0 Å². The zero-order valence-corrected chi connectivity index (χ0v) is 9.63. The van der Waals surface area contributed by atoms with Crippen molar-refractivity contribution in [2.75, 3.05) is 18.1 Å². The van der Waals surface area contributed by atoms with Crippen LogP contribution < -0.4 is 5.32 Å². The lowest BCUT2D eigenvalue weighted by Crippen LogP contribution is -2.44. The van der Waals surface area contributed by atoms with E-state index in [1.54, 1.807) is 18.7 Å². The van der Waals surface area contributed by atoms with Gasteiger partial charge in [-0.15, -0.1) is 0 Å². The van der Waals surface area contributed by atoms with Gasteiger partial charge in [0.15, 0.2) is 0 Å². The van der Waals surface area contributed by atoms with Gasteiger partial charge in [0.05, 0.1) is 12.6 Å². The lowest BCUT2D eigenvalue weighted by molar-refractivity contribution is -0.146. The van der Waals surface area contributed by atoms with Crippen LogP contribution in [0, 0.1) is 0 Å². The molecule has 1 aliphatic heterocycles. The van der Waals surface area contributed by atoms with Crippen LogP contribution in [0.15, 0.2) is 0 Å². The Morgan fingerprint density at radius 1 is 1.47 bits per heavy atom. The molecule has 0 bridgehead atoms. The van der Waals surface area contributed by atoms with Crippen LogP contribution in [0.4, 0.5) is 4.79 Å². The molecule has 1 aliphatic rings. The Bertz CT molecular complexity index is 246. The van der Waals surface area contributed by atoms with Gasteiger partial charge in [-0.25, -0.2) is 4.79 Å². The molecule has 1 saturated heterocycles. The Morgan fingerprint density at radius 2 is 2.20 bits per heavy atom. The van der Waals surface area contributed by atoms with Crippen molar-refractivity contribution in [2.45, 2.75) is 26.0 Å². The summed E-state index contributed by atoms with van der Waals surface area (Å²) >= 11 is 1.64. The van der Waals surface area contributed by atoms with Crippen molar-refractivity contribution in [1.82, 2.24) is 5.32 Å². The molecule has 5 nitrogen and oxygen atoms in total. The highest BCUT2D eigenvalue weighted by Crippen LogP contribution is 2.21. The molecule has 1 N–H and O–H groups in total. The van der Waals surface area contributed by atoms with Gasteiger partial charge in [-0.3, -0.25) is 4.79 Å². The molecular weight excluding hydrogens is 218 g/mol. The van der Waals surface area contributed by atoms with E-state index in [9.17, 15) is 9.59 Å². The lowest BCUT2D eigenvalue weighted by Gasteiger charge is -2.19. The molecule has 0 spiro atoms. The summed E-state index contributed by atoms with van der Waals surface area (Å²) in [4.78, 5) is 21.9. The summed E-state index contributed by atoms with van der Waals surface area (Å²) in [6.07, 6.45) is -0.695. The van der Waals surface area contributed by atoms with E-state index in [0.717, 1.165) is 11.5 Å². The van der Waals surface area contributed by atoms with Crippen LogP contribution in [0.2, 0.25) is 0 Å². The number of amides is 1. The van der Waals surface area contributed by atoms with E-state index in [1.165, 1.54) is 6.92 Å². The van der Waals surface area contributed by atoms with Crippen molar-refractivity contribution in [3.63, 3.8) is 0 Å². The normalized spacial score (nSPS) is 24.7. The summed E-state index contributed by atoms with van der Waals surface area (Å²) in [7, 11) is 0. The van der Waals surface area contributed by atoms with E-state index < -0.39 is 6.09 Å². The van der Waals surface area contributed by atoms with Crippen LogP contribution in [-0.4, -0.2) is 42.3 Å². The lowest BCUT2D eigenvalue weighted by atomic mass is 10.2. The topological polar surface area (TPSA) is 64.6 Å². The first-order valence-electron chi connectivity index (χ1n) is 4.81. The second-order valence-corrected chi connectivity index (χ2v) is 4.23. The van der Waals surface area contributed by atoms with E-state index >= 15 is 0 Å². The molecule has 0 aromatic heterocycles. The van der Waals surface area contributed by atoms with Crippen LogP contribution in [0.5, 0.6) is 0 Å². The quantitative estimate of drug-likeness (QED) is 0.730. The molecule has 1 amide bonds. The second-order valence-electron chi connectivity index (χ2n) is 3.16. The third-order valence-corrected chi connectivity index (χ3v) is 3.08. The van der Waals surface area contributed by atoms with Crippen molar-refractivity contribution in [2.24, 2.45) is 0 Å². The molecule has 1 fully saturated rings. The Balaban J connectivity index is 2.39. The average molecular weight is 233 g/mol. The fourth-order valence-electron chi connectivity index (χ4n) is 1.32. The molecule has 6 heteroatoms. The minimum absolute atomic E-state index is 0.141. The molecule has 0 aromatic carbocycles. The van der Waals surface area contributed by atoms with Gasteiger partial charge < -0.3 is 14.8 Å². The molecule has 0 aromatic rings. The molecule has 0 unspecified atom stereocenters. The van der Waals surface area contributed by atoms with Gasteiger partial charge in [-0.05, 0) is 6.92 Å². The molecule has 1 rings (SSSR count). The summed E-state index contributed by atoms with van der Waals surface area (Å²) in [5, 5.41) is 2.68. The summed E-state index contributed by atoms with van der Waals surface area (Å²) < 4.78 is 9.83. The molecule has 2 atom stereocenters. The van der Waals surface area contributed by atoms with E-state index in [2.05, 4.69) is 5.32 Å². The number of hydrogen-bond acceptors (Lipinski definition) is 5. The van der Waals surface area contributed by atoms with Gasteiger partial charge in [-0.1, -0.05) is 0 Å². The first-order chi connectivity index (χ1) is 7.13. The maximum Gasteiger partial charge on any atom is 0.407 e. The largest absolute Gasteiger partial charge is 0.459 e. The highest BCUT2D eigenvalue weighted by molar-refractivity contribution is 7.99. The summed E-state index contributed by atoms with van der Waals surface area (Å²) in [6, 6.07) is -0.141. The SMILES string of the molecule is CCOC(=O)N[C@@H]1CSC[C@H]1OC(C)=O. The average Bonchev–Trinajstić information content (AvgIpc) is 2.52. The number of nitrogens with one attached hydrogen (secondary N) is 1. The molecule has 86 valence electrons. The number of rotatable bonds is 3. The van der Waals surface area contributed by atoms with Crippen LogP contribution >= 0.6 is 11.8 Å². The maximum absolute atomic E-state index is 11.1. The highest BCUT2D eigenvalue weighted by atomic mass is 32.2. The number of ether oxygens (including phenoxy) is 2.